The molecule has 0 heterocycles. The molecule has 2 rings (SSSR count). The molecule has 1 aromatic rings. The maximum absolute atomic E-state index is 10.1. The molecule has 0 aliphatic heterocycles. The molecule has 2 heteroatoms. The largest absolute Gasteiger partial charge is 0.488 e. The van der Waals surface area contributed by atoms with Crippen molar-refractivity contribution >= 4 is 0 Å². The standard InChI is InChI=1S/C17H26O2/c1-12-8-9-15(18)16(10-12)19-14-7-5-6-13(11-14)17(2,3)4/h5-7,11-12,15-16,18H,8-10H2,1-4H3. The van der Waals surface area contributed by atoms with Crippen LogP contribution in [0.1, 0.15) is 52.5 Å². The molecule has 1 aliphatic carbocycles. The molecule has 2 nitrogen and oxygen atoms in total. The summed E-state index contributed by atoms with van der Waals surface area (Å²) in [5, 5.41) is 10.1. The number of ether oxygens (including phenoxy) is 1. The van der Waals surface area contributed by atoms with Gasteiger partial charge in [0.2, 0.25) is 0 Å². The minimum Gasteiger partial charge on any atom is -0.488 e. The lowest BCUT2D eigenvalue weighted by molar-refractivity contribution is -0.00764. The van der Waals surface area contributed by atoms with Crippen LogP contribution in [0, 0.1) is 5.92 Å². The molecule has 3 unspecified atom stereocenters. The maximum atomic E-state index is 10.1. The third-order valence-electron chi connectivity index (χ3n) is 4.01. The van der Waals surface area contributed by atoms with Crippen molar-refractivity contribution in [2.75, 3.05) is 0 Å². The van der Waals surface area contributed by atoms with E-state index in [1.54, 1.807) is 0 Å². The molecule has 0 aromatic heterocycles. The Hall–Kier alpha value is -1.02. The molecule has 1 aliphatic rings. The van der Waals surface area contributed by atoms with Crippen LogP contribution in [0.3, 0.4) is 0 Å². The second-order valence-electron chi connectivity index (χ2n) is 6.92. The first-order chi connectivity index (χ1) is 8.86. The fourth-order valence-corrected chi connectivity index (χ4v) is 2.65. The van der Waals surface area contributed by atoms with Crippen LogP contribution in [0.4, 0.5) is 0 Å². The van der Waals surface area contributed by atoms with Crippen molar-refractivity contribution in [1.82, 2.24) is 0 Å². The molecule has 1 aromatic carbocycles. The van der Waals surface area contributed by atoms with Gasteiger partial charge in [0.1, 0.15) is 11.9 Å². The van der Waals surface area contributed by atoms with E-state index in [1.807, 2.05) is 12.1 Å². The van der Waals surface area contributed by atoms with Gasteiger partial charge in [-0.15, -0.1) is 0 Å². The Bertz CT molecular complexity index is 420. The van der Waals surface area contributed by atoms with Crippen molar-refractivity contribution < 1.29 is 9.84 Å². The van der Waals surface area contributed by atoms with Gasteiger partial charge in [-0.2, -0.15) is 0 Å². The van der Waals surface area contributed by atoms with Crippen molar-refractivity contribution in [3.05, 3.63) is 29.8 Å². The molecule has 19 heavy (non-hydrogen) atoms. The van der Waals surface area contributed by atoms with Gasteiger partial charge in [-0.05, 0) is 48.3 Å². The quantitative estimate of drug-likeness (QED) is 0.875. The first kappa shape index (κ1) is 14.4. The minimum absolute atomic E-state index is 0.0565. The summed E-state index contributed by atoms with van der Waals surface area (Å²) in [6.07, 6.45) is 2.52. The summed E-state index contributed by atoms with van der Waals surface area (Å²) in [6, 6.07) is 8.26. The highest BCUT2D eigenvalue weighted by Crippen LogP contribution is 2.30. The maximum Gasteiger partial charge on any atom is 0.125 e. The predicted octanol–water partition coefficient (Wildman–Crippen LogP) is 3.91. The van der Waals surface area contributed by atoms with Gasteiger partial charge in [0.05, 0.1) is 6.10 Å². The summed E-state index contributed by atoms with van der Waals surface area (Å²) >= 11 is 0. The van der Waals surface area contributed by atoms with E-state index in [0.717, 1.165) is 25.0 Å². The van der Waals surface area contributed by atoms with Crippen LogP contribution in [0.5, 0.6) is 5.75 Å². The van der Waals surface area contributed by atoms with Gasteiger partial charge in [-0.25, -0.2) is 0 Å². The van der Waals surface area contributed by atoms with E-state index < -0.39 is 0 Å². The Morgan fingerprint density at radius 2 is 1.95 bits per heavy atom. The zero-order chi connectivity index (χ0) is 14.0. The number of hydrogen-bond donors (Lipinski definition) is 1. The molecular formula is C17H26O2. The van der Waals surface area contributed by atoms with Gasteiger partial charge in [0.15, 0.2) is 0 Å². The van der Waals surface area contributed by atoms with Crippen LogP contribution >= 0.6 is 0 Å². The monoisotopic (exact) mass is 262 g/mol. The fourth-order valence-electron chi connectivity index (χ4n) is 2.65. The number of hydrogen-bond acceptors (Lipinski definition) is 2. The van der Waals surface area contributed by atoms with Gasteiger partial charge >= 0.3 is 0 Å². The van der Waals surface area contributed by atoms with Gasteiger partial charge in [-0.1, -0.05) is 39.8 Å². The van der Waals surface area contributed by atoms with Crippen molar-refractivity contribution in [1.29, 1.82) is 0 Å². The lowest BCUT2D eigenvalue weighted by Gasteiger charge is -2.32. The van der Waals surface area contributed by atoms with E-state index in [1.165, 1.54) is 5.56 Å². The Balaban J connectivity index is 2.10. The van der Waals surface area contributed by atoms with Crippen molar-refractivity contribution in [3.8, 4) is 5.75 Å². The lowest BCUT2D eigenvalue weighted by Crippen LogP contribution is -2.37. The lowest BCUT2D eigenvalue weighted by atomic mass is 9.86. The van der Waals surface area contributed by atoms with E-state index in [0.29, 0.717) is 5.92 Å². The fraction of sp³-hybridized carbons (Fsp3) is 0.647. The van der Waals surface area contributed by atoms with E-state index in [4.69, 9.17) is 4.74 Å². The van der Waals surface area contributed by atoms with E-state index in [2.05, 4.69) is 39.8 Å². The van der Waals surface area contributed by atoms with Gasteiger partial charge in [0.25, 0.3) is 0 Å². The SMILES string of the molecule is CC1CCC(O)C(Oc2cccc(C(C)(C)C)c2)C1. The summed E-state index contributed by atoms with van der Waals surface area (Å²) in [5.41, 5.74) is 1.39. The summed E-state index contributed by atoms with van der Waals surface area (Å²) in [6.45, 7) is 8.82. The van der Waals surface area contributed by atoms with Gasteiger partial charge in [0, 0.05) is 0 Å². The topological polar surface area (TPSA) is 29.5 Å². The molecule has 106 valence electrons. The Morgan fingerprint density at radius 1 is 1.21 bits per heavy atom. The highest BCUT2D eigenvalue weighted by molar-refractivity contribution is 5.32. The number of rotatable bonds is 2. The smallest absolute Gasteiger partial charge is 0.125 e. The van der Waals surface area contributed by atoms with Crippen LogP contribution in [0.25, 0.3) is 0 Å². The average Bonchev–Trinajstić information content (AvgIpc) is 2.33. The molecule has 0 radical (unpaired) electrons. The number of benzene rings is 1. The van der Waals surface area contributed by atoms with E-state index >= 15 is 0 Å². The zero-order valence-corrected chi connectivity index (χ0v) is 12.5. The predicted molar refractivity (Wildman–Crippen MR) is 78.6 cm³/mol. The highest BCUT2D eigenvalue weighted by atomic mass is 16.5. The van der Waals surface area contributed by atoms with Crippen LogP contribution in [-0.2, 0) is 5.41 Å². The molecule has 0 spiro atoms. The highest BCUT2D eigenvalue weighted by Gasteiger charge is 2.28. The van der Waals surface area contributed by atoms with E-state index in [-0.39, 0.29) is 17.6 Å². The van der Waals surface area contributed by atoms with Gasteiger partial charge in [-0.3, -0.25) is 0 Å². The van der Waals surface area contributed by atoms with Crippen LogP contribution < -0.4 is 4.74 Å². The second-order valence-corrected chi connectivity index (χ2v) is 6.92. The van der Waals surface area contributed by atoms with Crippen LogP contribution in [0.2, 0.25) is 0 Å². The number of aliphatic hydroxyl groups is 1. The summed E-state index contributed by atoms with van der Waals surface area (Å²) in [7, 11) is 0. The van der Waals surface area contributed by atoms with Crippen molar-refractivity contribution in [3.63, 3.8) is 0 Å². The molecule has 0 saturated heterocycles. The van der Waals surface area contributed by atoms with Crippen molar-refractivity contribution in [2.45, 2.75) is 64.6 Å². The Morgan fingerprint density at radius 3 is 2.63 bits per heavy atom. The van der Waals surface area contributed by atoms with Crippen LogP contribution in [-0.4, -0.2) is 17.3 Å². The molecule has 1 fully saturated rings. The molecule has 1 saturated carbocycles. The first-order valence-corrected chi connectivity index (χ1v) is 7.31. The Kier molecular flexibility index (Phi) is 4.19. The number of aliphatic hydroxyl groups excluding tert-OH is 1. The van der Waals surface area contributed by atoms with Crippen molar-refractivity contribution in [2.24, 2.45) is 5.92 Å². The second kappa shape index (κ2) is 5.54. The normalized spacial score (nSPS) is 28.2. The first-order valence-electron chi connectivity index (χ1n) is 7.31. The van der Waals surface area contributed by atoms with Crippen LogP contribution in [0.15, 0.2) is 24.3 Å². The summed E-state index contributed by atoms with van der Waals surface area (Å²) in [5.74, 6) is 1.52. The minimum atomic E-state index is -0.325. The Labute approximate surface area is 116 Å². The third-order valence-corrected chi connectivity index (χ3v) is 4.01. The molecule has 3 atom stereocenters. The third kappa shape index (κ3) is 3.73. The zero-order valence-electron chi connectivity index (χ0n) is 12.5. The molecule has 0 bridgehead atoms. The summed E-state index contributed by atoms with van der Waals surface area (Å²) in [4.78, 5) is 0. The van der Waals surface area contributed by atoms with Gasteiger partial charge < -0.3 is 9.84 Å². The molecule has 0 amide bonds. The molecular weight excluding hydrogens is 236 g/mol. The summed E-state index contributed by atoms with van der Waals surface area (Å²) < 4.78 is 6.02. The molecule has 1 N–H and O–H groups in total. The van der Waals surface area contributed by atoms with E-state index in [9.17, 15) is 5.11 Å². The average molecular weight is 262 g/mol.